The van der Waals surface area contributed by atoms with Crippen molar-refractivity contribution in [3.05, 3.63) is 37.0 Å². The quantitative estimate of drug-likeness (QED) is 0.700. The second-order valence-corrected chi connectivity index (χ2v) is 9.48. The summed E-state index contributed by atoms with van der Waals surface area (Å²) in [6, 6.07) is 3.66. The average molecular weight is 400 g/mol. The summed E-state index contributed by atoms with van der Waals surface area (Å²) in [6.45, 7) is 2.96. The second kappa shape index (κ2) is 6.64. The van der Waals surface area contributed by atoms with Crippen LogP contribution in [0, 0.1) is 6.04 Å². The molecule has 9 nitrogen and oxygen atoms in total. The van der Waals surface area contributed by atoms with Gasteiger partial charge in [0.1, 0.15) is 18.0 Å². The monoisotopic (exact) mass is 400 g/mol. The Balaban J connectivity index is 1.23. The second-order valence-electron chi connectivity index (χ2n) is 7.50. The van der Waals surface area contributed by atoms with Gasteiger partial charge in [0.05, 0.1) is 18.1 Å². The molecule has 2 aliphatic heterocycles. The Labute approximate surface area is 163 Å². The van der Waals surface area contributed by atoms with Crippen molar-refractivity contribution in [2.24, 2.45) is 0 Å². The highest BCUT2D eigenvalue weighted by Gasteiger charge is 2.37. The number of sulfonamides is 1. The number of H-pyrrole nitrogens is 1. The average Bonchev–Trinajstić information content (AvgIpc) is 3.29. The van der Waals surface area contributed by atoms with Crippen LogP contribution in [0.25, 0.3) is 22.3 Å². The van der Waals surface area contributed by atoms with Crippen LogP contribution in [0.1, 0.15) is 12.8 Å². The lowest BCUT2D eigenvalue weighted by atomic mass is 9.98. The van der Waals surface area contributed by atoms with Crippen LogP contribution in [0.2, 0.25) is 0 Å². The van der Waals surface area contributed by atoms with E-state index in [2.05, 4.69) is 25.0 Å². The molecule has 3 aromatic heterocycles. The van der Waals surface area contributed by atoms with Gasteiger partial charge < -0.3 is 4.98 Å². The first-order valence-electron chi connectivity index (χ1n) is 9.36. The minimum Gasteiger partial charge on any atom is -0.346 e. The Hall–Kier alpha value is -2.30. The van der Waals surface area contributed by atoms with E-state index in [4.69, 9.17) is 0 Å². The minimum atomic E-state index is -3.07. The van der Waals surface area contributed by atoms with Crippen LogP contribution in [0.4, 0.5) is 0 Å². The molecule has 3 aromatic rings. The van der Waals surface area contributed by atoms with Gasteiger partial charge in [-0.15, -0.1) is 0 Å². The van der Waals surface area contributed by atoms with Crippen molar-refractivity contribution in [3.63, 3.8) is 0 Å². The molecular weight excluding hydrogens is 378 g/mol. The first-order chi connectivity index (χ1) is 13.5. The van der Waals surface area contributed by atoms with Crippen LogP contribution in [0.3, 0.4) is 0 Å². The maximum atomic E-state index is 11.7. The number of nitrogens with one attached hydrogen (secondary N) is 1. The van der Waals surface area contributed by atoms with E-state index in [1.807, 2.05) is 29.3 Å². The van der Waals surface area contributed by atoms with Gasteiger partial charge >= 0.3 is 0 Å². The molecule has 0 saturated carbocycles. The van der Waals surface area contributed by atoms with E-state index < -0.39 is 10.0 Å². The molecule has 2 fully saturated rings. The van der Waals surface area contributed by atoms with Crippen molar-refractivity contribution >= 4 is 21.1 Å². The molecule has 5 rings (SSSR count). The number of aromatic nitrogens is 5. The number of piperidine rings is 1. The topological polar surface area (TPSA) is 100 Å². The van der Waals surface area contributed by atoms with Gasteiger partial charge in [0.15, 0.2) is 0 Å². The molecule has 1 radical (unpaired) electrons. The fourth-order valence-corrected chi connectivity index (χ4v) is 4.96. The van der Waals surface area contributed by atoms with Crippen molar-refractivity contribution in [1.82, 2.24) is 33.9 Å². The molecule has 10 heteroatoms. The van der Waals surface area contributed by atoms with Gasteiger partial charge in [-0.25, -0.2) is 22.7 Å². The van der Waals surface area contributed by atoms with E-state index in [1.54, 1.807) is 10.6 Å². The molecular formula is C18H22N7O2S. The molecule has 28 heavy (non-hydrogen) atoms. The summed E-state index contributed by atoms with van der Waals surface area (Å²) < 4.78 is 26.8. The number of rotatable bonds is 4. The zero-order valence-electron chi connectivity index (χ0n) is 15.6. The Morgan fingerprint density at radius 2 is 1.96 bits per heavy atom. The third-order valence-electron chi connectivity index (χ3n) is 5.71. The summed E-state index contributed by atoms with van der Waals surface area (Å²) in [4.78, 5) is 14.2. The number of aromatic amines is 1. The summed E-state index contributed by atoms with van der Waals surface area (Å²) in [7, 11) is -3.07. The van der Waals surface area contributed by atoms with Gasteiger partial charge in [0.25, 0.3) is 0 Å². The molecule has 0 atom stereocenters. The van der Waals surface area contributed by atoms with Gasteiger partial charge in [-0.05, 0) is 18.9 Å². The third kappa shape index (κ3) is 3.11. The maximum Gasteiger partial charge on any atom is 0.211 e. The Morgan fingerprint density at radius 1 is 1.18 bits per heavy atom. The van der Waals surface area contributed by atoms with Gasteiger partial charge in [0, 0.05) is 55.6 Å². The third-order valence-corrected chi connectivity index (χ3v) is 7.02. The molecule has 0 bridgehead atoms. The van der Waals surface area contributed by atoms with E-state index in [0.717, 1.165) is 48.2 Å². The highest BCUT2D eigenvalue weighted by atomic mass is 32.2. The molecule has 5 heterocycles. The van der Waals surface area contributed by atoms with E-state index in [-0.39, 0.29) is 0 Å². The lowest BCUT2D eigenvalue weighted by molar-refractivity contribution is 0.0885. The van der Waals surface area contributed by atoms with Gasteiger partial charge in [-0.1, -0.05) is 0 Å². The van der Waals surface area contributed by atoms with Crippen molar-refractivity contribution in [1.29, 1.82) is 0 Å². The molecule has 2 aliphatic rings. The molecule has 0 aromatic carbocycles. The summed E-state index contributed by atoms with van der Waals surface area (Å²) in [5.41, 5.74) is 2.67. The van der Waals surface area contributed by atoms with E-state index >= 15 is 0 Å². The fraction of sp³-hybridized carbons (Fsp3) is 0.444. The predicted molar refractivity (Wildman–Crippen MR) is 105 cm³/mol. The first kappa shape index (κ1) is 17.8. The number of hydrogen-bond donors (Lipinski definition) is 1. The highest BCUT2D eigenvalue weighted by Crippen LogP contribution is 2.30. The molecule has 0 spiro atoms. The summed E-state index contributed by atoms with van der Waals surface area (Å²) >= 11 is 0. The summed E-state index contributed by atoms with van der Waals surface area (Å²) in [5.74, 6) is 0. The first-order valence-corrected chi connectivity index (χ1v) is 11.2. The molecule has 0 unspecified atom stereocenters. The lowest BCUT2D eigenvalue weighted by Gasteiger charge is -2.46. The minimum absolute atomic E-state index is 0.443. The zero-order chi connectivity index (χ0) is 19.3. The number of hydrogen-bond acceptors (Lipinski definition) is 6. The Kier molecular flexibility index (Phi) is 4.22. The van der Waals surface area contributed by atoms with E-state index in [1.165, 1.54) is 12.3 Å². The van der Waals surface area contributed by atoms with Crippen LogP contribution in [0.15, 0.2) is 31.0 Å². The normalized spacial score (nSPS) is 20.6. The SMILES string of the molecule is CS(=O)(=O)N1CCC(N2C[C](n3cc(-c4ncnc5[nH]ccc45)cn3)C2)CC1. The van der Waals surface area contributed by atoms with Crippen molar-refractivity contribution in [2.75, 3.05) is 32.4 Å². The van der Waals surface area contributed by atoms with Crippen LogP contribution in [0.5, 0.6) is 0 Å². The fourth-order valence-electron chi connectivity index (χ4n) is 4.09. The molecule has 0 amide bonds. The van der Waals surface area contributed by atoms with Crippen LogP contribution >= 0.6 is 0 Å². The van der Waals surface area contributed by atoms with Crippen molar-refractivity contribution in [2.45, 2.75) is 18.9 Å². The van der Waals surface area contributed by atoms with Crippen LogP contribution in [-0.4, -0.2) is 80.8 Å². The van der Waals surface area contributed by atoms with Crippen LogP contribution < -0.4 is 0 Å². The van der Waals surface area contributed by atoms with E-state index in [0.29, 0.717) is 19.1 Å². The molecule has 0 aliphatic carbocycles. The van der Waals surface area contributed by atoms with Crippen molar-refractivity contribution in [3.8, 4) is 11.3 Å². The molecule has 1 N–H and O–H groups in total. The predicted octanol–water partition coefficient (Wildman–Crippen LogP) is 0.941. The number of fused-ring (bicyclic) bond motifs is 1. The van der Waals surface area contributed by atoms with Gasteiger partial charge in [-0.2, -0.15) is 5.10 Å². The summed E-state index contributed by atoms with van der Waals surface area (Å²) in [5, 5.41) is 5.51. The number of nitrogens with zero attached hydrogens (tertiary/aromatic N) is 6. The maximum absolute atomic E-state index is 11.7. The van der Waals surface area contributed by atoms with Crippen LogP contribution in [-0.2, 0) is 10.0 Å². The van der Waals surface area contributed by atoms with E-state index in [9.17, 15) is 8.42 Å². The largest absolute Gasteiger partial charge is 0.346 e. The van der Waals surface area contributed by atoms with Crippen molar-refractivity contribution < 1.29 is 8.42 Å². The van der Waals surface area contributed by atoms with Gasteiger partial charge in [-0.3, -0.25) is 9.58 Å². The standard InChI is InChI=1S/C18H22N7O2S/c1-28(26,27)24-6-3-14(4-7-24)23-10-15(11-23)25-9-13(8-22-25)17-16-2-5-19-18(16)21-12-20-17/h2,5,8-9,12,14H,3-4,6-7,10-11H2,1H3,(H,19,20,21). The smallest absolute Gasteiger partial charge is 0.211 e. The number of likely N-dealkylation sites (tertiary alicyclic amines) is 1. The summed E-state index contributed by atoms with van der Waals surface area (Å²) in [6.07, 6.45) is 10.3. The molecule has 147 valence electrons. The lowest BCUT2D eigenvalue weighted by Crippen LogP contribution is -2.56. The Morgan fingerprint density at radius 3 is 2.71 bits per heavy atom. The highest BCUT2D eigenvalue weighted by molar-refractivity contribution is 7.88. The Bertz CT molecular complexity index is 1090. The zero-order valence-corrected chi connectivity index (χ0v) is 16.4. The molecule has 2 saturated heterocycles. The van der Waals surface area contributed by atoms with Gasteiger partial charge in [0.2, 0.25) is 10.0 Å².